The predicted molar refractivity (Wildman–Crippen MR) is 127 cm³/mol. The van der Waals surface area contributed by atoms with Gasteiger partial charge in [0.2, 0.25) is 0 Å². The van der Waals surface area contributed by atoms with E-state index in [1.165, 1.54) is 24.3 Å². The Labute approximate surface area is 210 Å². The number of ether oxygens (including phenoxy) is 3. The molecule has 9 nitrogen and oxygen atoms in total. The van der Waals surface area contributed by atoms with E-state index >= 15 is 0 Å². The number of fused-ring (bicyclic) bond motifs is 2. The van der Waals surface area contributed by atoms with Gasteiger partial charge in [0.1, 0.15) is 11.3 Å². The number of esters is 2. The van der Waals surface area contributed by atoms with Crippen LogP contribution in [0.1, 0.15) is 22.8 Å². The summed E-state index contributed by atoms with van der Waals surface area (Å²) in [5.41, 5.74) is -0.237. The van der Waals surface area contributed by atoms with Gasteiger partial charge in [0.05, 0.1) is 29.7 Å². The molecule has 0 aliphatic carbocycles. The molecule has 35 heavy (non-hydrogen) atoms. The minimum absolute atomic E-state index is 0.0647. The maximum atomic E-state index is 13.7. The highest BCUT2D eigenvalue weighted by molar-refractivity contribution is 9.10. The molecule has 2 aliphatic rings. The van der Waals surface area contributed by atoms with E-state index in [9.17, 15) is 22.8 Å². The third kappa shape index (κ3) is 4.25. The average molecular weight is 562 g/mol. The van der Waals surface area contributed by atoms with E-state index in [-0.39, 0.29) is 28.4 Å². The Kier molecular flexibility index (Phi) is 6.56. The molecule has 2 heterocycles. The number of sulfonamides is 1. The molecule has 0 aromatic heterocycles. The van der Waals surface area contributed by atoms with Crippen LogP contribution in [0.2, 0.25) is 0 Å². The lowest BCUT2D eigenvalue weighted by atomic mass is 9.88. The molecule has 0 radical (unpaired) electrons. The fourth-order valence-corrected chi connectivity index (χ4v) is 5.48. The quantitative estimate of drug-likeness (QED) is 0.510. The van der Waals surface area contributed by atoms with Gasteiger partial charge in [-0.05, 0) is 44.2 Å². The van der Waals surface area contributed by atoms with Crippen LogP contribution in [-0.4, -0.2) is 50.3 Å². The number of rotatable bonds is 5. The van der Waals surface area contributed by atoms with Crippen molar-refractivity contribution in [3.05, 3.63) is 81.1 Å². The number of halogens is 1. The molecule has 11 heteroatoms. The summed E-state index contributed by atoms with van der Waals surface area (Å²) in [7, 11) is -3.40. The highest BCUT2D eigenvalue weighted by atomic mass is 79.9. The molecule has 2 aromatic rings. The van der Waals surface area contributed by atoms with E-state index in [0.29, 0.717) is 8.78 Å². The van der Waals surface area contributed by atoms with E-state index in [2.05, 4.69) is 15.9 Å². The van der Waals surface area contributed by atoms with Crippen molar-refractivity contribution in [2.24, 2.45) is 0 Å². The molecule has 0 fully saturated rings. The third-order valence-electron chi connectivity index (χ3n) is 5.42. The van der Waals surface area contributed by atoms with Gasteiger partial charge in [0.15, 0.2) is 17.6 Å². The number of ketones is 1. The molecule has 1 atom stereocenters. The molecule has 4 rings (SSSR count). The lowest BCUT2D eigenvalue weighted by Gasteiger charge is -2.36. The van der Waals surface area contributed by atoms with Crippen LogP contribution in [0.25, 0.3) is 0 Å². The minimum Gasteiger partial charge on any atom is -0.480 e. The Balaban J connectivity index is 2.01. The van der Waals surface area contributed by atoms with Crippen molar-refractivity contribution in [1.82, 2.24) is 4.31 Å². The number of nitrogens with zero attached hydrogens (tertiary/aromatic N) is 1. The van der Waals surface area contributed by atoms with Crippen molar-refractivity contribution in [3.63, 3.8) is 0 Å². The van der Waals surface area contributed by atoms with Gasteiger partial charge in [-0.15, -0.1) is 0 Å². The standard InChI is InChI=1S/C24H20BrNO8S/c1-4-33-23(28)19-20(24(29)32-3)26(35(30,31)15-8-5-13(2)6-9-15)12-17-21(27)16-11-14(25)7-10-18(16)34-22(17)19/h5-12,22H,4H2,1-3H3. The topological polar surface area (TPSA) is 116 Å². The largest absolute Gasteiger partial charge is 0.480 e. The van der Waals surface area contributed by atoms with Crippen LogP contribution in [0, 0.1) is 6.92 Å². The second kappa shape index (κ2) is 9.31. The molecular formula is C24H20BrNO8S. The van der Waals surface area contributed by atoms with E-state index in [4.69, 9.17) is 14.2 Å². The summed E-state index contributed by atoms with van der Waals surface area (Å²) in [6.45, 7) is 3.28. The van der Waals surface area contributed by atoms with Crippen molar-refractivity contribution in [3.8, 4) is 5.75 Å². The molecule has 0 bridgehead atoms. The second-order valence-electron chi connectivity index (χ2n) is 7.64. The monoisotopic (exact) mass is 561 g/mol. The van der Waals surface area contributed by atoms with E-state index in [1.807, 2.05) is 0 Å². The first kappa shape index (κ1) is 24.7. The molecule has 2 aromatic carbocycles. The predicted octanol–water partition coefficient (Wildman–Crippen LogP) is 3.28. The van der Waals surface area contributed by atoms with Gasteiger partial charge in [0, 0.05) is 10.7 Å². The number of Topliss-reactive ketones (excluding diaryl/α,β-unsaturated/α-hetero) is 1. The second-order valence-corrected chi connectivity index (χ2v) is 10.4. The molecule has 0 spiro atoms. The van der Waals surface area contributed by atoms with Crippen LogP contribution in [-0.2, 0) is 29.1 Å². The molecule has 0 saturated carbocycles. The molecule has 0 amide bonds. The van der Waals surface area contributed by atoms with E-state index in [0.717, 1.165) is 18.9 Å². The summed E-state index contributed by atoms with van der Waals surface area (Å²) >= 11 is 3.30. The van der Waals surface area contributed by atoms with Gasteiger partial charge in [0.25, 0.3) is 10.0 Å². The number of methoxy groups -OCH3 is 1. The lowest BCUT2D eigenvalue weighted by molar-refractivity contribution is -0.142. The SMILES string of the molecule is CCOC(=O)C1=C(C(=O)OC)N(S(=O)(=O)c2ccc(C)cc2)C=C2C(=O)c3cc(Br)ccc3OC21. The third-order valence-corrected chi connectivity index (χ3v) is 7.59. The average Bonchev–Trinajstić information content (AvgIpc) is 2.83. The molecule has 1 unspecified atom stereocenters. The summed E-state index contributed by atoms with van der Waals surface area (Å²) in [6, 6.07) is 10.6. The van der Waals surface area contributed by atoms with Gasteiger partial charge in [-0.25, -0.2) is 22.3 Å². The van der Waals surface area contributed by atoms with Crippen LogP contribution < -0.4 is 4.74 Å². The Morgan fingerprint density at radius 1 is 1.11 bits per heavy atom. The summed E-state index contributed by atoms with van der Waals surface area (Å²) < 4.78 is 44.4. The first-order chi connectivity index (χ1) is 16.6. The Morgan fingerprint density at radius 2 is 1.80 bits per heavy atom. The molecule has 2 aliphatic heterocycles. The van der Waals surface area contributed by atoms with Crippen molar-refractivity contribution in [1.29, 1.82) is 0 Å². The van der Waals surface area contributed by atoms with Gasteiger partial charge < -0.3 is 14.2 Å². The number of hydrogen-bond acceptors (Lipinski definition) is 8. The van der Waals surface area contributed by atoms with Gasteiger partial charge >= 0.3 is 11.9 Å². The number of benzene rings is 2. The summed E-state index contributed by atoms with van der Waals surface area (Å²) in [5.74, 6) is -2.52. The molecular weight excluding hydrogens is 542 g/mol. The zero-order chi connectivity index (χ0) is 25.5. The minimum atomic E-state index is -4.45. The normalized spacial score (nSPS) is 17.1. The van der Waals surface area contributed by atoms with Crippen LogP contribution >= 0.6 is 15.9 Å². The van der Waals surface area contributed by atoms with Crippen molar-refractivity contribution >= 4 is 43.7 Å². The first-order valence-electron chi connectivity index (χ1n) is 10.4. The number of carbonyl (C=O) groups is 3. The highest BCUT2D eigenvalue weighted by Gasteiger charge is 2.48. The van der Waals surface area contributed by atoms with Gasteiger partial charge in [-0.3, -0.25) is 4.79 Å². The fraction of sp³-hybridized carbons (Fsp3) is 0.208. The van der Waals surface area contributed by atoms with Crippen LogP contribution in [0.3, 0.4) is 0 Å². The maximum Gasteiger partial charge on any atom is 0.356 e. The lowest BCUT2D eigenvalue weighted by Crippen LogP contribution is -2.45. The molecule has 0 saturated heterocycles. The van der Waals surface area contributed by atoms with Crippen LogP contribution in [0.5, 0.6) is 5.75 Å². The Hall–Kier alpha value is -3.44. The zero-order valence-corrected chi connectivity index (χ0v) is 21.3. The molecule has 182 valence electrons. The van der Waals surface area contributed by atoms with Crippen LogP contribution in [0.15, 0.2) is 74.9 Å². The van der Waals surface area contributed by atoms with Crippen LogP contribution in [0.4, 0.5) is 0 Å². The number of hydrogen-bond donors (Lipinski definition) is 0. The molecule has 0 N–H and O–H groups in total. The summed E-state index contributed by atoms with van der Waals surface area (Å²) in [5, 5.41) is 0. The maximum absolute atomic E-state index is 13.7. The summed E-state index contributed by atoms with van der Waals surface area (Å²) in [4.78, 5) is 39.3. The zero-order valence-electron chi connectivity index (χ0n) is 18.9. The fourth-order valence-electron chi connectivity index (χ4n) is 3.74. The number of aryl methyl sites for hydroxylation is 1. The Bertz CT molecular complexity index is 1410. The summed E-state index contributed by atoms with van der Waals surface area (Å²) in [6.07, 6.45) is -0.380. The smallest absolute Gasteiger partial charge is 0.356 e. The Morgan fingerprint density at radius 3 is 2.43 bits per heavy atom. The van der Waals surface area contributed by atoms with Gasteiger partial charge in [-0.2, -0.15) is 0 Å². The van der Waals surface area contributed by atoms with Crippen molar-refractivity contribution in [2.45, 2.75) is 24.8 Å². The van der Waals surface area contributed by atoms with E-state index in [1.54, 1.807) is 32.0 Å². The first-order valence-corrected chi connectivity index (χ1v) is 12.7. The van der Waals surface area contributed by atoms with Crippen molar-refractivity contribution in [2.75, 3.05) is 13.7 Å². The highest BCUT2D eigenvalue weighted by Crippen LogP contribution is 2.41. The van der Waals surface area contributed by atoms with Crippen molar-refractivity contribution < 1.29 is 37.0 Å². The number of carbonyl (C=O) groups excluding carboxylic acids is 3. The van der Waals surface area contributed by atoms with E-state index < -0.39 is 45.1 Å². The van der Waals surface area contributed by atoms with Gasteiger partial charge in [-0.1, -0.05) is 33.6 Å².